The number of hydrogen-bond donors (Lipinski definition) is 1. The van der Waals surface area contributed by atoms with Crippen molar-refractivity contribution in [1.82, 2.24) is 9.78 Å². The molecule has 0 unspecified atom stereocenters. The van der Waals surface area contributed by atoms with E-state index in [-0.39, 0.29) is 17.7 Å². The van der Waals surface area contributed by atoms with Gasteiger partial charge in [-0.15, -0.1) is 0 Å². The molecule has 2 aromatic rings. The average Bonchev–Trinajstić information content (AvgIpc) is 2.66. The van der Waals surface area contributed by atoms with Crippen molar-refractivity contribution in [3.05, 3.63) is 52.9 Å². The number of benzene rings is 1. The van der Waals surface area contributed by atoms with Gasteiger partial charge in [0.15, 0.2) is 0 Å². The lowest BCUT2D eigenvalue weighted by molar-refractivity contribution is 0.0696. The van der Waals surface area contributed by atoms with E-state index in [1.54, 1.807) is 0 Å². The number of aromatic carboxylic acids is 1. The highest BCUT2D eigenvalue weighted by Gasteiger charge is 2.15. The number of carboxylic acid groups (broad SMARTS) is 1. The highest BCUT2D eigenvalue weighted by atomic mass is 19.1. The van der Waals surface area contributed by atoms with E-state index < -0.39 is 17.6 Å². The molecular formula is C12H10F2N2O2. The molecule has 18 heavy (non-hydrogen) atoms. The molecule has 0 amide bonds. The van der Waals surface area contributed by atoms with Crippen LogP contribution >= 0.6 is 0 Å². The van der Waals surface area contributed by atoms with Gasteiger partial charge in [-0.1, -0.05) is 6.07 Å². The van der Waals surface area contributed by atoms with E-state index in [4.69, 9.17) is 5.11 Å². The van der Waals surface area contributed by atoms with Crippen molar-refractivity contribution in [2.24, 2.45) is 0 Å². The van der Waals surface area contributed by atoms with Gasteiger partial charge in [0.05, 0.1) is 18.4 Å². The molecule has 0 aliphatic carbocycles. The molecule has 0 fully saturated rings. The number of carbonyl (C=O) groups is 1. The van der Waals surface area contributed by atoms with Crippen LogP contribution in [0.2, 0.25) is 0 Å². The maximum atomic E-state index is 13.4. The minimum Gasteiger partial charge on any atom is -0.478 e. The summed E-state index contributed by atoms with van der Waals surface area (Å²) in [6, 6.07) is 3.57. The molecule has 0 radical (unpaired) electrons. The third-order valence-electron chi connectivity index (χ3n) is 2.70. The van der Waals surface area contributed by atoms with Gasteiger partial charge in [0.2, 0.25) is 0 Å². The lowest BCUT2D eigenvalue weighted by Crippen LogP contribution is -2.09. The second-order valence-electron chi connectivity index (χ2n) is 3.81. The summed E-state index contributed by atoms with van der Waals surface area (Å²) in [5.41, 5.74) is 0.234. The van der Waals surface area contributed by atoms with Crippen molar-refractivity contribution in [1.29, 1.82) is 0 Å². The first kappa shape index (κ1) is 12.2. The third-order valence-corrected chi connectivity index (χ3v) is 2.70. The molecule has 0 bridgehead atoms. The predicted molar refractivity (Wildman–Crippen MR) is 59.4 cm³/mol. The van der Waals surface area contributed by atoms with Crippen molar-refractivity contribution in [2.45, 2.75) is 13.5 Å². The van der Waals surface area contributed by atoms with Crippen molar-refractivity contribution < 1.29 is 18.7 Å². The summed E-state index contributed by atoms with van der Waals surface area (Å²) in [6.07, 6.45) is 1.16. The molecule has 0 aliphatic rings. The van der Waals surface area contributed by atoms with Gasteiger partial charge in [-0.3, -0.25) is 4.68 Å². The Morgan fingerprint density at radius 3 is 2.50 bits per heavy atom. The lowest BCUT2D eigenvalue weighted by atomic mass is 10.2. The zero-order valence-corrected chi connectivity index (χ0v) is 9.52. The number of aromatic nitrogens is 2. The number of hydrogen-bond acceptors (Lipinski definition) is 2. The van der Waals surface area contributed by atoms with E-state index >= 15 is 0 Å². The van der Waals surface area contributed by atoms with E-state index in [9.17, 15) is 13.6 Å². The molecular weight excluding hydrogens is 242 g/mol. The Balaban J connectivity index is 2.38. The molecule has 6 heteroatoms. The second-order valence-corrected chi connectivity index (χ2v) is 3.81. The standard InChI is InChI=1S/C12H10F2N2O2/c1-7-8(12(17)18)5-15-16(7)6-9-10(13)3-2-4-11(9)14/h2-5H,6H2,1H3,(H,17,18). The van der Waals surface area contributed by atoms with Gasteiger partial charge in [-0.25, -0.2) is 13.6 Å². The van der Waals surface area contributed by atoms with Crippen molar-refractivity contribution in [2.75, 3.05) is 0 Å². The maximum Gasteiger partial charge on any atom is 0.339 e. The summed E-state index contributed by atoms with van der Waals surface area (Å²) in [5, 5.41) is 12.7. The molecule has 1 N–H and O–H groups in total. The molecule has 2 rings (SSSR count). The van der Waals surface area contributed by atoms with Gasteiger partial charge < -0.3 is 5.11 Å². The quantitative estimate of drug-likeness (QED) is 0.911. The van der Waals surface area contributed by atoms with Crippen LogP contribution in [0.15, 0.2) is 24.4 Å². The van der Waals surface area contributed by atoms with E-state index in [0.29, 0.717) is 5.69 Å². The summed E-state index contributed by atoms with van der Waals surface area (Å²) < 4.78 is 28.1. The summed E-state index contributed by atoms with van der Waals surface area (Å²) >= 11 is 0. The predicted octanol–water partition coefficient (Wildman–Crippen LogP) is 2.22. The highest BCUT2D eigenvalue weighted by molar-refractivity contribution is 5.88. The minimum atomic E-state index is -1.12. The zero-order chi connectivity index (χ0) is 13.3. The Labute approximate surface area is 101 Å². The van der Waals surface area contributed by atoms with E-state index in [1.807, 2.05) is 0 Å². The normalized spacial score (nSPS) is 10.6. The lowest BCUT2D eigenvalue weighted by Gasteiger charge is -2.07. The fraction of sp³-hybridized carbons (Fsp3) is 0.167. The Hall–Kier alpha value is -2.24. The Morgan fingerprint density at radius 2 is 2.00 bits per heavy atom. The molecule has 0 atom stereocenters. The van der Waals surface area contributed by atoms with Crippen LogP contribution in [0.5, 0.6) is 0 Å². The molecule has 0 saturated carbocycles. The van der Waals surface area contributed by atoms with Crippen LogP contribution in [0, 0.1) is 18.6 Å². The molecule has 0 saturated heterocycles. The number of nitrogens with zero attached hydrogens (tertiary/aromatic N) is 2. The zero-order valence-electron chi connectivity index (χ0n) is 9.52. The van der Waals surface area contributed by atoms with E-state index in [1.165, 1.54) is 17.7 Å². The summed E-state index contributed by atoms with van der Waals surface area (Å²) in [4.78, 5) is 10.8. The largest absolute Gasteiger partial charge is 0.478 e. The fourth-order valence-electron chi connectivity index (χ4n) is 1.65. The van der Waals surface area contributed by atoms with Crippen molar-refractivity contribution >= 4 is 5.97 Å². The summed E-state index contributed by atoms with van der Waals surface area (Å²) in [7, 11) is 0. The van der Waals surface area contributed by atoms with Gasteiger partial charge in [0.25, 0.3) is 0 Å². The van der Waals surface area contributed by atoms with Gasteiger partial charge in [-0.05, 0) is 19.1 Å². The smallest absolute Gasteiger partial charge is 0.339 e. The molecule has 4 nitrogen and oxygen atoms in total. The molecule has 1 heterocycles. The number of carboxylic acids is 1. The van der Waals surface area contributed by atoms with Crippen LogP contribution in [-0.4, -0.2) is 20.9 Å². The van der Waals surface area contributed by atoms with E-state index in [2.05, 4.69) is 5.10 Å². The molecule has 0 aliphatic heterocycles. The molecule has 1 aromatic heterocycles. The Bertz CT molecular complexity index is 588. The van der Waals surface area contributed by atoms with Crippen LogP contribution < -0.4 is 0 Å². The summed E-state index contributed by atoms with van der Waals surface area (Å²) in [5.74, 6) is -2.48. The first-order valence-electron chi connectivity index (χ1n) is 5.19. The van der Waals surface area contributed by atoms with Gasteiger partial charge >= 0.3 is 5.97 Å². The fourth-order valence-corrected chi connectivity index (χ4v) is 1.65. The van der Waals surface area contributed by atoms with Crippen LogP contribution in [-0.2, 0) is 6.54 Å². The highest BCUT2D eigenvalue weighted by Crippen LogP contribution is 2.15. The van der Waals surface area contributed by atoms with Crippen molar-refractivity contribution in [3.8, 4) is 0 Å². The van der Waals surface area contributed by atoms with Gasteiger partial charge in [0, 0.05) is 5.56 Å². The van der Waals surface area contributed by atoms with Crippen LogP contribution in [0.25, 0.3) is 0 Å². The third kappa shape index (κ3) is 2.09. The molecule has 94 valence electrons. The van der Waals surface area contributed by atoms with Gasteiger partial charge in [-0.2, -0.15) is 5.10 Å². The molecule has 0 spiro atoms. The monoisotopic (exact) mass is 252 g/mol. The molecule has 1 aromatic carbocycles. The number of halogens is 2. The second kappa shape index (κ2) is 4.56. The first-order chi connectivity index (χ1) is 8.50. The van der Waals surface area contributed by atoms with Gasteiger partial charge in [0.1, 0.15) is 17.2 Å². The first-order valence-corrected chi connectivity index (χ1v) is 5.19. The minimum absolute atomic E-state index is 0.0201. The average molecular weight is 252 g/mol. The number of rotatable bonds is 3. The Kier molecular flexibility index (Phi) is 3.10. The maximum absolute atomic E-state index is 13.4. The van der Waals surface area contributed by atoms with Crippen LogP contribution in [0.3, 0.4) is 0 Å². The van der Waals surface area contributed by atoms with Crippen molar-refractivity contribution in [3.63, 3.8) is 0 Å². The van der Waals surface area contributed by atoms with Crippen LogP contribution in [0.4, 0.5) is 8.78 Å². The van der Waals surface area contributed by atoms with Crippen LogP contribution in [0.1, 0.15) is 21.6 Å². The topological polar surface area (TPSA) is 55.1 Å². The SMILES string of the molecule is Cc1c(C(=O)O)cnn1Cc1c(F)cccc1F. The summed E-state index contributed by atoms with van der Waals surface area (Å²) in [6.45, 7) is 1.40. The van der Waals surface area contributed by atoms with E-state index in [0.717, 1.165) is 18.3 Å². The Morgan fingerprint density at radius 1 is 1.39 bits per heavy atom.